The van der Waals surface area contributed by atoms with E-state index in [9.17, 15) is 15.3 Å². The molecule has 0 radical (unpaired) electrons. The fourth-order valence-corrected chi connectivity index (χ4v) is 14.5. The largest absolute Gasteiger partial charge is 0.396 e. The van der Waals surface area contributed by atoms with Gasteiger partial charge in [0, 0.05) is 41.9 Å². The van der Waals surface area contributed by atoms with Crippen molar-refractivity contribution in [1.82, 2.24) is 4.98 Å². The number of hydrogen-bond donors (Lipinski definition) is 4. The van der Waals surface area contributed by atoms with E-state index in [1.54, 1.807) is 5.57 Å². The number of aromatic nitrogens is 1. The molecule has 0 saturated heterocycles. The molecule has 1 aromatic heterocycles. The maximum Gasteiger partial charge on any atom is 0.0530 e. The molecule has 238 valence electrons. The molecule has 0 unspecified atom stereocenters. The van der Waals surface area contributed by atoms with E-state index in [-0.39, 0.29) is 58.2 Å². The Labute approximate surface area is 264 Å². The van der Waals surface area contributed by atoms with Gasteiger partial charge in [0.25, 0.3) is 0 Å². The molecular weight excluding hydrogens is 542 g/mol. The molecule has 0 aromatic carbocycles. The summed E-state index contributed by atoms with van der Waals surface area (Å²) in [7, 11) is 0. The van der Waals surface area contributed by atoms with Gasteiger partial charge >= 0.3 is 0 Å². The molecule has 44 heavy (non-hydrogen) atoms. The number of fused-ring (bicyclic) bond motifs is 1. The molecule has 4 N–H and O–H groups in total. The van der Waals surface area contributed by atoms with Gasteiger partial charge in [-0.2, -0.15) is 0 Å². The second-order valence-corrected chi connectivity index (χ2v) is 17.4. The minimum Gasteiger partial charge on any atom is -0.396 e. The molecule has 1 heterocycles. The van der Waals surface area contributed by atoms with E-state index in [2.05, 4.69) is 68.4 Å². The molecule has 7 aliphatic carbocycles. The van der Waals surface area contributed by atoms with E-state index in [1.165, 1.54) is 43.2 Å². The Morgan fingerprint density at radius 3 is 2.61 bits per heavy atom. The van der Waals surface area contributed by atoms with Crippen LogP contribution in [0.3, 0.4) is 0 Å². The van der Waals surface area contributed by atoms with Crippen molar-refractivity contribution in [2.45, 2.75) is 85.0 Å². The normalized spacial score (nSPS) is 47.7. The average molecular weight is 598 g/mol. The maximum absolute atomic E-state index is 11.6. The van der Waals surface area contributed by atoms with Crippen molar-refractivity contribution in [3.63, 3.8) is 0 Å². The first-order valence-corrected chi connectivity index (χ1v) is 17.8. The molecule has 8 rings (SSSR count). The van der Waals surface area contributed by atoms with Gasteiger partial charge in [-0.1, -0.05) is 68.9 Å². The van der Waals surface area contributed by atoms with Crippen LogP contribution in [0.15, 0.2) is 66.6 Å². The van der Waals surface area contributed by atoms with Gasteiger partial charge in [-0.3, -0.25) is 0 Å². The van der Waals surface area contributed by atoms with Crippen molar-refractivity contribution in [1.29, 1.82) is 0 Å². The number of aliphatic hydroxyl groups is 3. The van der Waals surface area contributed by atoms with Gasteiger partial charge in [-0.25, -0.2) is 0 Å². The fraction of sp³-hybridized carbons (Fsp3) is 0.700. The van der Waals surface area contributed by atoms with Crippen molar-refractivity contribution in [2.75, 3.05) is 19.8 Å². The first kappa shape index (κ1) is 29.5. The Hall–Kier alpha value is -1.88. The highest BCUT2D eigenvalue weighted by Gasteiger charge is 2.86. The number of aromatic amines is 1. The van der Waals surface area contributed by atoms with Crippen LogP contribution in [-0.2, 0) is 6.42 Å². The second kappa shape index (κ2) is 9.58. The Bertz CT molecular complexity index is 1420. The molecule has 0 amide bonds. The first-order chi connectivity index (χ1) is 21.1. The summed E-state index contributed by atoms with van der Waals surface area (Å²) in [6.07, 6.45) is 27.9. The monoisotopic (exact) mass is 597 g/mol. The van der Waals surface area contributed by atoms with Crippen molar-refractivity contribution in [2.24, 2.45) is 68.0 Å². The van der Waals surface area contributed by atoms with E-state index >= 15 is 0 Å². The first-order valence-electron chi connectivity index (χ1n) is 17.8. The molecule has 3 spiro atoms. The average Bonchev–Trinajstić information content (AvgIpc) is 3.51. The van der Waals surface area contributed by atoms with Crippen LogP contribution in [0.2, 0.25) is 0 Å². The lowest BCUT2D eigenvalue weighted by Crippen LogP contribution is -2.66. The van der Waals surface area contributed by atoms with Crippen LogP contribution >= 0.6 is 0 Å². The zero-order valence-electron chi connectivity index (χ0n) is 27.3. The van der Waals surface area contributed by atoms with Crippen LogP contribution in [-0.4, -0.2) is 40.1 Å². The second-order valence-electron chi connectivity index (χ2n) is 17.4. The van der Waals surface area contributed by atoms with E-state index in [0.29, 0.717) is 29.6 Å². The zero-order valence-corrected chi connectivity index (χ0v) is 27.3. The van der Waals surface area contributed by atoms with E-state index in [1.807, 2.05) is 6.20 Å². The summed E-state index contributed by atoms with van der Waals surface area (Å²) >= 11 is 0. The molecule has 4 heteroatoms. The number of aliphatic hydroxyl groups excluding tert-OH is 3. The summed E-state index contributed by atoms with van der Waals surface area (Å²) in [5.41, 5.74) is 4.54. The molecular formula is C40H55NO3. The molecule has 7 aliphatic rings. The molecule has 0 aliphatic heterocycles. The molecule has 1 aromatic rings. The molecule has 11 atom stereocenters. The number of rotatable bonds is 9. The predicted octanol–water partition coefficient (Wildman–Crippen LogP) is 7.41. The molecule has 4 saturated carbocycles. The van der Waals surface area contributed by atoms with Crippen molar-refractivity contribution < 1.29 is 15.3 Å². The summed E-state index contributed by atoms with van der Waals surface area (Å²) in [6.45, 7) is 13.1. The number of H-pyrrole nitrogens is 1. The Morgan fingerprint density at radius 2 is 1.89 bits per heavy atom. The highest BCUT2D eigenvalue weighted by atomic mass is 16.3. The highest BCUT2D eigenvalue weighted by Crippen LogP contribution is 2.91. The molecule has 4 fully saturated rings. The predicted molar refractivity (Wildman–Crippen MR) is 175 cm³/mol. The lowest BCUT2D eigenvalue weighted by molar-refractivity contribution is -0.161. The van der Waals surface area contributed by atoms with Crippen LogP contribution in [0.25, 0.3) is 0 Å². The lowest BCUT2D eigenvalue weighted by Gasteiger charge is -2.71. The summed E-state index contributed by atoms with van der Waals surface area (Å²) in [4.78, 5) is 3.20. The Kier molecular flexibility index (Phi) is 6.43. The van der Waals surface area contributed by atoms with E-state index < -0.39 is 0 Å². The van der Waals surface area contributed by atoms with Crippen LogP contribution in [0.5, 0.6) is 0 Å². The quantitative estimate of drug-likeness (QED) is 0.224. The highest BCUT2D eigenvalue weighted by molar-refractivity contribution is 5.58. The van der Waals surface area contributed by atoms with Gasteiger partial charge in [0.15, 0.2) is 0 Å². The summed E-state index contributed by atoms with van der Waals surface area (Å²) in [5.74, 6) is 2.67. The fourth-order valence-electron chi connectivity index (χ4n) is 14.5. The van der Waals surface area contributed by atoms with Crippen molar-refractivity contribution in [3.05, 3.63) is 72.1 Å². The van der Waals surface area contributed by atoms with Gasteiger partial charge in [0.2, 0.25) is 0 Å². The van der Waals surface area contributed by atoms with Crippen molar-refractivity contribution >= 4 is 0 Å². The zero-order chi connectivity index (χ0) is 30.8. The standard InChI is InChI=1S/C40H55NO3/c1-26-18-32-36(4)34-30(9-15-40(36)33(26)35(40,2)3)8-13-39(25-44)31(6-5-17-42)10-14-38(34,39)24-37(32)12-7-27(21-37)19-29(23-43)20-28-11-16-41-22-28/h8-9,11,13,15-16,18,22,27,29-31,33-34,41-44H,1,5-7,10,12,14,17,19-21,23-25H2,2-4H3/t27-,29+,30+,31+,33+,34-,36+,37-,38+,39-,40+/m1/s1. The summed E-state index contributed by atoms with van der Waals surface area (Å²) in [5, 5.41) is 31.9. The summed E-state index contributed by atoms with van der Waals surface area (Å²) < 4.78 is 0. The van der Waals surface area contributed by atoms with E-state index in [0.717, 1.165) is 32.1 Å². The minimum atomic E-state index is -0.222. The van der Waals surface area contributed by atoms with Gasteiger partial charge < -0.3 is 20.3 Å². The van der Waals surface area contributed by atoms with E-state index in [4.69, 9.17) is 6.58 Å². The van der Waals surface area contributed by atoms with Crippen LogP contribution in [0.4, 0.5) is 0 Å². The smallest absolute Gasteiger partial charge is 0.0530 e. The maximum atomic E-state index is 11.6. The van der Waals surface area contributed by atoms with Crippen LogP contribution in [0.1, 0.15) is 84.1 Å². The van der Waals surface area contributed by atoms with Crippen LogP contribution in [0, 0.1) is 68.0 Å². The Balaban J connectivity index is 1.25. The van der Waals surface area contributed by atoms with Gasteiger partial charge in [0.05, 0.1) is 6.61 Å². The molecule has 0 bridgehead atoms. The minimum absolute atomic E-state index is 0.0213. The Morgan fingerprint density at radius 1 is 1.07 bits per heavy atom. The van der Waals surface area contributed by atoms with Gasteiger partial charge in [-0.15, -0.1) is 0 Å². The number of hydrogen-bond acceptors (Lipinski definition) is 3. The molecule has 4 nitrogen and oxygen atoms in total. The third-order valence-electron chi connectivity index (χ3n) is 15.7. The number of allylic oxidation sites excluding steroid dienone is 6. The van der Waals surface area contributed by atoms with Crippen molar-refractivity contribution in [3.8, 4) is 0 Å². The third-order valence-corrected chi connectivity index (χ3v) is 15.7. The van der Waals surface area contributed by atoms with Crippen LogP contribution < -0.4 is 0 Å². The summed E-state index contributed by atoms with van der Waals surface area (Å²) in [6, 6.07) is 2.15. The third kappa shape index (κ3) is 3.31. The SMILES string of the molecule is C=C1C=C2[C@@]3(CC[C@H](C[C@H](CO)Cc4cc[nH]c4)C3)C[C@]34CC[C@H](CCCO)[C@]3(CO)C=C[C@H]3C=C[C@@]5([C@@H]1C5(C)C)[C@]2(C)[C@@H]34. The topological polar surface area (TPSA) is 76.5 Å². The number of nitrogens with one attached hydrogen (secondary N) is 1. The lowest BCUT2D eigenvalue weighted by atomic mass is 9.32. The van der Waals surface area contributed by atoms with Gasteiger partial charge in [0.1, 0.15) is 0 Å². The van der Waals surface area contributed by atoms with Gasteiger partial charge in [-0.05, 0) is 128 Å².